The first kappa shape index (κ1) is 26.0. The first-order chi connectivity index (χ1) is 16.2. The van der Waals surface area contributed by atoms with E-state index >= 15 is 0 Å². The Morgan fingerprint density at radius 3 is 2.12 bits per heavy atom. The minimum Gasteiger partial charge on any atom is -0.494 e. The Kier molecular flexibility index (Phi) is 11.5. The van der Waals surface area contributed by atoms with Crippen molar-refractivity contribution in [1.82, 2.24) is 0 Å². The molecule has 180 valence electrons. The van der Waals surface area contributed by atoms with Gasteiger partial charge in [0.2, 0.25) is 0 Å². The third-order valence-electron chi connectivity index (χ3n) is 5.90. The summed E-state index contributed by atoms with van der Waals surface area (Å²) in [5.41, 5.74) is 1.83. The van der Waals surface area contributed by atoms with E-state index in [1.165, 1.54) is 55.6 Å². The minimum absolute atomic E-state index is 0.342. The Bertz CT molecular complexity index is 812. The lowest BCUT2D eigenvalue weighted by Gasteiger charge is -2.28. The number of carbonyl (C=O) groups is 1. The number of thioether (sulfide) groups is 2. The number of benzene rings is 2. The second-order valence-electron chi connectivity index (χ2n) is 8.75. The highest BCUT2D eigenvalue weighted by Crippen LogP contribution is 2.46. The summed E-state index contributed by atoms with van der Waals surface area (Å²) in [5, 5.41) is 0. The van der Waals surface area contributed by atoms with Crippen molar-refractivity contribution in [3.8, 4) is 11.5 Å². The summed E-state index contributed by atoms with van der Waals surface area (Å²) in [6.07, 6.45) is 10.3. The minimum atomic E-state index is -0.342. The van der Waals surface area contributed by atoms with Crippen molar-refractivity contribution in [1.29, 1.82) is 0 Å². The van der Waals surface area contributed by atoms with Crippen molar-refractivity contribution < 1.29 is 14.3 Å². The summed E-state index contributed by atoms with van der Waals surface area (Å²) in [6.45, 7) is 5.10. The molecule has 1 fully saturated rings. The third-order valence-corrected chi connectivity index (χ3v) is 9.20. The van der Waals surface area contributed by atoms with Crippen molar-refractivity contribution in [3.63, 3.8) is 0 Å². The Labute approximate surface area is 208 Å². The van der Waals surface area contributed by atoms with Gasteiger partial charge in [-0.25, -0.2) is 4.79 Å². The van der Waals surface area contributed by atoms with Gasteiger partial charge in [0.15, 0.2) is 0 Å². The van der Waals surface area contributed by atoms with E-state index in [4.69, 9.17) is 9.47 Å². The van der Waals surface area contributed by atoms with Crippen molar-refractivity contribution in [3.05, 3.63) is 59.7 Å². The molecule has 1 aliphatic rings. The van der Waals surface area contributed by atoms with Gasteiger partial charge in [-0.2, -0.15) is 0 Å². The largest absolute Gasteiger partial charge is 0.494 e. The van der Waals surface area contributed by atoms with Crippen molar-refractivity contribution in [2.24, 2.45) is 5.92 Å². The van der Waals surface area contributed by atoms with Crippen LogP contribution in [0.4, 0.5) is 0 Å². The quantitative estimate of drug-likeness (QED) is 0.161. The number of esters is 1. The molecule has 3 nitrogen and oxygen atoms in total. The molecule has 1 saturated heterocycles. The number of hydrogen-bond donors (Lipinski definition) is 0. The first-order valence-electron chi connectivity index (χ1n) is 12.5. The van der Waals surface area contributed by atoms with E-state index in [-0.39, 0.29) is 5.97 Å². The zero-order valence-electron chi connectivity index (χ0n) is 20.1. The summed E-state index contributed by atoms with van der Waals surface area (Å²) in [5.74, 6) is 4.38. The van der Waals surface area contributed by atoms with Crippen LogP contribution in [0, 0.1) is 5.92 Å². The number of carbonyl (C=O) groups excluding carboxylic acids is 1. The van der Waals surface area contributed by atoms with Crippen LogP contribution < -0.4 is 9.47 Å². The molecule has 0 unspecified atom stereocenters. The van der Waals surface area contributed by atoms with Crippen LogP contribution in [0.2, 0.25) is 0 Å². The highest BCUT2D eigenvalue weighted by Gasteiger charge is 2.23. The van der Waals surface area contributed by atoms with E-state index in [0.29, 0.717) is 22.5 Å². The number of rotatable bonds is 13. The van der Waals surface area contributed by atoms with Gasteiger partial charge in [0.05, 0.1) is 16.8 Å². The average Bonchev–Trinajstić information content (AvgIpc) is 2.85. The Morgan fingerprint density at radius 2 is 1.45 bits per heavy atom. The maximum absolute atomic E-state index is 12.5. The predicted octanol–water partition coefficient (Wildman–Crippen LogP) is 8.54. The first-order valence-corrected chi connectivity index (χ1v) is 14.6. The second-order valence-corrected chi connectivity index (χ2v) is 11.3. The van der Waals surface area contributed by atoms with Gasteiger partial charge in [-0.15, -0.1) is 23.5 Å². The molecule has 0 N–H and O–H groups in total. The maximum Gasteiger partial charge on any atom is 0.343 e. The predicted molar refractivity (Wildman–Crippen MR) is 143 cm³/mol. The molecule has 0 aliphatic carbocycles. The van der Waals surface area contributed by atoms with Crippen LogP contribution in [0.1, 0.15) is 85.7 Å². The van der Waals surface area contributed by atoms with Crippen molar-refractivity contribution >= 4 is 29.5 Å². The van der Waals surface area contributed by atoms with Gasteiger partial charge in [-0.05, 0) is 72.2 Å². The standard InChI is InChI=1S/C28H38O3S2/c1-3-5-7-8-9-10-22-20-32-28(33-21-22)24-13-17-26(18-14-24)31-27(29)23-11-15-25(16-12-23)30-19-6-4-2/h11-18,22,28H,3-10,19-21H2,1-2H3. The lowest BCUT2D eigenvalue weighted by atomic mass is 10.0. The van der Waals surface area contributed by atoms with Crippen molar-refractivity contribution in [2.45, 2.75) is 69.8 Å². The lowest BCUT2D eigenvalue weighted by molar-refractivity contribution is 0.0734. The molecule has 0 aromatic heterocycles. The normalized spacial score (nSPS) is 18.1. The van der Waals surface area contributed by atoms with Gasteiger partial charge < -0.3 is 9.47 Å². The van der Waals surface area contributed by atoms with Crippen LogP contribution >= 0.6 is 23.5 Å². The highest BCUT2D eigenvalue weighted by molar-refractivity contribution is 8.16. The lowest BCUT2D eigenvalue weighted by Crippen LogP contribution is -2.14. The molecule has 2 aromatic carbocycles. The molecule has 1 heterocycles. The Balaban J connectivity index is 1.41. The van der Waals surface area contributed by atoms with E-state index in [2.05, 4.69) is 49.5 Å². The van der Waals surface area contributed by atoms with Crippen LogP contribution in [0.25, 0.3) is 0 Å². The van der Waals surface area contributed by atoms with Crippen LogP contribution in [-0.2, 0) is 0 Å². The number of hydrogen-bond acceptors (Lipinski definition) is 5. The number of unbranched alkanes of at least 4 members (excludes halogenated alkanes) is 5. The molecular weight excluding hydrogens is 448 g/mol. The average molecular weight is 487 g/mol. The zero-order valence-corrected chi connectivity index (χ0v) is 21.7. The molecular formula is C28H38O3S2. The fourth-order valence-corrected chi connectivity index (χ4v) is 6.99. The molecule has 2 aromatic rings. The van der Waals surface area contributed by atoms with Gasteiger partial charge in [-0.1, -0.05) is 64.5 Å². The van der Waals surface area contributed by atoms with Gasteiger partial charge in [-0.3, -0.25) is 0 Å². The summed E-state index contributed by atoms with van der Waals surface area (Å²) in [7, 11) is 0. The molecule has 0 radical (unpaired) electrons. The fraction of sp³-hybridized carbons (Fsp3) is 0.536. The number of ether oxygens (including phenoxy) is 2. The molecule has 0 atom stereocenters. The fourth-order valence-electron chi connectivity index (χ4n) is 3.82. The second kappa shape index (κ2) is 14.6. The molecule has 0 amide bonds. The highest BCUT2D eigenvalue weighted by atomic mass is 32.2. The Hall–Kier alpha value is -1.59. The molecule has 5 heteroatoms. The summed E-state index contributed by atoms with van der Waals surface area (Å²) >= 11 is 4.12. The van der Waals surface area contributed by atoms with E-state index in [9.17, 15) is 4.79 Å². The van der Waals surface area contributed by atoms with Gasteiger partial charge in [0, 0.05) is 0 Å². The van der Waals surface area contributed by atoms with E-state index in [1.807, 2.05) is 24.3 Å². The molecule has 0 spiro atoms. The van der Waals surface area contributed by atoms with E-state index < -0.39 is 0 Å². The van der Waals surface area contributed by atoms with Crippen LogP contribution in [0.5, 0.6) is 11.5 Å². The Morgan fingerprint density at radius 1 is 0.818 bits per heavy atom. The van der Waals surface area contributed by atoms with Gasteiger partial charge in [0.25, 0.3) is 0 Å². The summed E-state index contributed by atoms with van der Waals surface area (Å²) in [6, 6.07) is 15.2. The molecule has 3 rings (SSSR count). The van der Waals surface area contributed by atoms with Gasteiger partial charge in [0.1, 0.15) is 11.5 Å². The molecule has 0 saturated carbocycles. The van der Waals surface area contributed by atoms with Gasteiger partial charge >= 0.3 is 5.97 Å². The summed E-state index contributed by atoms with van der Waals surface area (Å²) < 4.78 is 11.7. The van der Waals surface area contributed by atoms with E-state index in [1.54, 1.807) is 12.1 Å². The monoisotopic (exact) mass is 486 g/mol. The maximum atomic E-state index is 12.5. The third kappa shape index (κ3) is 8.94. The van der Waals surface area contributed by atoms with Crippen LogP contribution in [-0.4, -0.2) is 24.1 Å². The van der Waals surface area contributed by atoms with Crippen molar-refractivity contribution in [2.75, 3.05) is 18.1 Å². The molecule has 33 heavy (non-hydrogen) atoms. The van der Waals surface area contributed by atoms with Crippen LogP contribution in [0.15, 0.2) is 48.5 Å². The zero-order chi connectivity index (χ0) is 23.3. The topological polar surface area (TPSA) is 35.5 Å². The smallest absolute Gasteiger partial charge is 0.343 e. The summed E-state index contributed by atoms with van der Waals surface area (Å²) in [4.78, 5) is 12.5. The van der Waals surface area contributed by atoms with E-state index in [0.717, 1.165) is 24.5 Å². The molecule has 1 aliphatic heterocycles. The molecule has 0 bridgehead atoms. The van der Waals surface area contributed by atoms with Crippen LogP contribution in [0.3, 0.4) is 0 Å². The SMILES string of the molecule is CCCCCCCC1CSC(c2ccc(OC(=O)c3ccc(OCCCC)cc3)cc2)SC1.